The lowest BCUT2D eigenvalue weighted by molar-refractivity contribution is -0.114. The molecule has 0 atom stereocenters. The number of ether oxygens (including phenoxy) is 3. The van der Waals surface area contributed by atoms with Crippen molar-refractivity contribution in [2.45, 2.75) is 27.4 Å². The number of esters is 1. The zero-order valence-electron chi connectivity index (χ0n) is 19.1. The second-order valence-electron chi connectivity index (χ2n) is 7.33. The van der Waals surface area contributed by atoms with Crippen LogP contribution in [0.15, 0.2) is 40.9 Å². The molecule has 3 aromatic rings. The third-order valence-electron chi connectivity index (χ3n) is 4.88. The van der Waals surface area contributed by atoms with Gasteiger partial charge in [-0.15, -0.1) is 0 Å². The maximum atomic E-state index is 14.2. The van der Waals surface area contributed by atoms with Gasteiger partial charge in [-0.1, -0.05) is 5.16 Å². The van der Waals surface area contributed by atoms with Crippen LogP contribution in [-0.4, -0.2) is 36.5 Å². The third-order valence-corrected chi connectivity index (χ3v) is 4.88. The average Bonchev–Trinajstić information content (AvgIpc) is 3.12. The van der Waals surface area contributed by atoms with Crippen LogP contribution in [0.2, 0.25) is 0 Å². The molecular weight excluding hydrogens is 447 g/mol. The molecule has 0 fully saturated rings. The van der Waals surface area contributed by atoms with E-state index in [0.29, 0.717) is 17.2 Å². The van der Waals surface area contributed by atoms with Crippen molar-refractivity contribution in [3.63, 3.8) is 0 Å². The number of hydrogen-bond donors (Lipinski definition) is 1. The molecule has 0 unspecified atom stereocenters. The van der Waals surface area contributed by atoms with Gasteiger partial charge in [0, 0.05) is 12.6 Å². The van der Waals surface area contributed by atoms with Crippen molar-refractivity contribution < 1.29 is 37.5 Å². The molecule has 0 saturated carbocycles. The van der Waals surface area contributed by atoms with Crippen LogP contribution in [-0.2, 0) is 16.1 Å². The van der Waals surface area contributed by atoms with Gasteiger partial charge in [0.25, 0.3) is 0 Å². The SMILES string of the molecule is COc1cc(C(=O)OCC(=O)c2ccc(NC(C)=O)cc2F)ccc1OCc1c(C)noc1C. The molecule has 10 heteroatoms. The van der Waals surface area contributed by atoms with Crippen molar-refractivity contribution in [2.75, 3.05) is 19.0 Å². The molecule has 2 aromatic carbocycles. The Balaban J connectivity index is 1.63. The van der Waals surface area contributed by atoms with E-state index in [4.69, 9.17) is 18.7 Å². The summed E-state index contributed by atoms with van der Waals surface area (Å²) in [5.41, 5.74) is 1.59. The van der Waals surface area contributed by atoms with E-state index in [0.717, 1.165) is 11.6 Å². The van der Waals surface area contributed by atoms with E-state index in [1.807, 2.05) is 0 Å². The normalized spacial score (nSPS) is 10.5. The van der Waals surface area contributed by atoms with E-state index in [1.165, 1.54) is 44.4 Å². The Morgan fingerprint density at radius 1 is 1.09 bits per heavy atom. The number of halogens is 1. The first kappa shape index (κ1) is 24.4. The molecule has 178 valence electrons. The third kappa shape index (κ3) is 5.77. The molecule has 1 amide bonds. The monoisotopic (exact) mass is 470 g/mol. The van der Waals surface area contributed by atoms with Gasteiger partial charge in [-0.25, -0.2) is 9.18 Å². The van der Waals surface area contributed by atoms with E-state index < -0.39 is 24.2 Å². The molecule has 1 heterocycles. The summed E-state index contributed by atoms with van der Waals surface area (Å²) in [4.78, 5) is 35.8. The molecular formula is C24H23FN2O7. The van der Waals surface area contributed by atoms with Crippen LogP contribution in [0.4, 0.5) is 10.1 Å². The van der Waals surface area contributed by atoms with Crippen molar-refractivity contribution in [3.8, 4) is 11.5 Å². The minimum atomic E-state index is -0.839. The maximum Gasteiger partial charge on any atom is 0.338 e. The number of ketones is 1. The molecule has 3 rings (SSSR count). The van der Waals surface area contributed by atoms with Gasteiger partial charge < -0.3 is 24.1 Å². The average molecular weight is 470 g/mol. The van der Waals surface area contributed by atoms with Crippen molar-refractivity contribution >= 4 is 23.3 Å². The number of nitrogens with zero attached hydrogens (tertiary/aromatic N) is 1. The molecule has 0 bridgehead atoms. The molecule has 9 nitrogen and oxygen atoms in total. The Labute approximate surface area is 194 Å². The first-order chi connectivity index (χ1) is 16.2. The standard InChI is InChI=1S/C24H23FN2O7/c1-13-19(14(2)34-27-13)11-32-22-8-5-16(9-23(22)31-4)24(30)33-12-21(29)18-7-6-17(10-20(18)25)26-15(3)28/h5-10H,11-12H2,1-4H3,(H,26,28). The summed E-state index contributed by atoms with van der Waals surface area (Å²) in [7, 11) is 1.42. The topological polar surface area (TPSA) is 117 Å². The molecule has 1 N–H and O–H groups in total. The Kier molecular flexibility index (Phi) is 7.62. The van der Waals surface area contributed by atoms with Crippen LogP contribution in [0.25, 0.3) is 0 Å². The highest BCUT2D eigenvalue weighted by Crippen LogP contribution is 2.30. The number of aryl methyl sites for hydroxylation is 2. The molecule has 0 radical (unpaired) electrons. The van der Waals surface area contributed by atoms with Crippen molar-refractivity contribution in [3.05, 3.63) is 70.4 Å². The molecule has 0 aliphatic carbocycles. The number of rotatable bonds is 9. The van der Waals surface area contributed by atoms with Crippen molar-refractivity contribution in [1.82, 2.24) is 5.16 Å². The lowest BCUT2D eigenvalue weighted by atomic mass is 10.1. The van der Waals surface area contributed by atoms with Gasteiger partial charge in [0.05, 0.1) is 29.5 Å². The van der Waals surface area contributed by atoms with Gasteiger partial charge >= 0.3 is 5.97 Å². The fraction of sp³-hybridized carbons (Fsp3) is 0.250. The zero-order chi connectivity index (χ0) is 24.8. The Morgan fingerprint density at radius 3 is 2.47 bits per heavy atom. The summed E-state index contributed by atoms with van der Waals surface area (Å²) >= 11 is 0. The Bertz CT molecular complexity index is 1220. The first-order valence-corrected chi connectivity index (χ1v) is 10.2. The number of methoxy groups -OCH3 is 1. The van der Waals surface area contributed by atoms with E-state index >= 15 is 0 Å². The van der Waals surface area contributed by atoms with E-state index in [2.05, 4.69) is 10.5 Å². The first-order valence-electron chi connectivity index (χ1n) is 10.2. The summed E-state index contributed by atoms with van der Waals surface area (Å²) in [5, 5.41) is 6.29. The number of benzene rings is 2. The fourth-order valence-corrected chi connectivity index (χ4v) is 3.09. The van der Waals surface area contributed by atoms with Crippen LogP contribution in [0.1, 0.15) is 44.7 Å². The second-order valence-corrected chi connectivity index (χ2v) is 7.33. The van der Waals surface area contributed by atoms with Gasteiger partial charge in [0.2, 0.25) is 11.7 Å². The number of anilines is 1. The number of hydrogen-bond acceptors (Lipinski definition) is 8. The van der Waals surface area contributed by atoms with Crippen LogP contribution in [0, 0.1) is 19.7 Å². The largest absolute Gasteiger partial charge is 0.493 e. The lowest BCUT2D eigenvalue weighted by Crippen LogP contribution is -2.16. The van der Waals surface area contributed by atoms with Gasteiger partial charge in [-0.3, -0.25) is 9.59 Å². The smallest absolute Gasteiger partial charge is 0.338 e. The summed E-state index contributed by atoms with van der Waals surface area (Å²) < 4.78 is 35.4. The van der Waals surface area contributed by atoms with Crippen molar-refractivity contribution in [1.29, 1.82) is 0 Å². The Morgan fingerprint density at radius 2 is 1.85 bits per heavy atom. The molecule has 1 aromatic heterocycles. The lowest BCUT2D eigenvalue weighted by Gasteiger charge is -2.12. The predicted octanol–water partition coefficient (Wildman–Crippen LogP) is 4.02. The molecule has 0 aliphatic heterocycles. The number of amides is 1. The maximum absolute atomic E-state index is 14.2. The minimum absolute atomic E-state index is 0.121. The number of nitrogens with one attached hydrogen (secondary N) is 1. The minimum Gasteiger partial charge on any atom is -0.493 e. The highest BCUT2D eigenvalue weighted by atomic mass is 19.1. The summed E-state index contributed by atoms with van der Waals surface area (Å²) in [6.45, 7) is 4.39. The number of Topliss-reactive ketones (excluding diaryl/α,β-unsaturated/α-hetero) is 1. The van der Waals surface area contributed by atoms with Gasteiger partial charge in [0.1, 0.15) is 18.2 Å². The number of carbonyl (C=O) groups is 3. The van der Waals surface area contributed by atoms with Gasteiger partial charge in [-0.05, 0) is 50.2 Å². The number of carbonyl (C=O) groups excluding carboxylic acids is 3. The highest BCUT2D eigenvalue weighted by Gasteiger charge is 2.18. The second kappa shape index (κ2) is 10.6. The summed E-state index contributed by atoms with van der Waals surface area (Å²) in [6.07, 6.45) is 0. The van der Waals surface area contributed by atoms with Crippen LogP contribution in [0.5, 0.6) is 11.5 Å². The Hall–Kier alpha value is -4.21. The molecule has 34 heavy (non-hydrogen) atoms. The van der Waals surface area contributed by atoms with Crippen LogP contribution in [0.3, 0.4) is 0 Å². The molecule has 0 spiro atoms. The van der Waals surface area contributed by atoms with E-state index in [1.54, 1.807) is 13.8 Å². The molecule has 0 aliphatic rings. The van der Waals surface area contributed by atoms with Crippen LogP contribution < -0.4 is 14.8 Å². The fourth-order valence-electron chi connectivity index (χ4n) is 3.09. The zero-order valence-corrected chi connectivity index (χ0v) is 19.1. The summed E-state index contributed by atoms with van der Waals surface area (Å²) in [6, 6.07) is 8.02. The van der Waals surface area contributed by atoms with Crippen molar-refractivity contribution in [2.24, 2.45) is 0 Å². The van der Waals surface area contributed by atoms with Gasteiger partial charge in [0.15, 0.2) is 18.1 Å². The number of aromatic nitrogens is 1. The predicted molar refractivity (Wildman–Crippen MR) is 119 cm³/mol. The quantitative estimate of drug-likeness (QED) is 0.368. The summed E-state index contributed by atoms with van der Waals surface area (Å²) in [5.74, 6) is -1.42. The molecule has 0 saturated heterocycles. The van der Waals surface area contributed by atoms with E-state index in [-0.39, 0.29) is 35.1 Å². The van der Waals surface area contributed by atoms with Crippen LogP contribution >= 0.6 is 0 Å². The van der Waals surface area contributed by atoms with Gasteiger partial charge in [-0.2, -0.15) is 0 Å². The highest BCUT2D eigenvalue weighted by molar-refractivity contribution is 6.00. The van der Waals surface area contributed by atoms with E-state index in [9.17, 15) is 18.8 Å².